The number of amides is 1. The number of nitrogens with zero attached hydrogens (tertiary/aromatic N) is 1. The van der Waals surface area contributed by atoms with Gasteiger partial charge in [0.05, 0.1) is 12.2 Å². The van der Waals surface area contributed by atoms with E-state index >= 15 is 0 Å². The third-order valence-corrected chi connectivity index (χ3v) is 2.62. The first kappa shape index (κ1) is 8.07. The molecule has 1 amide bonds. The monoisotopic (exact) mass is 165 g/mol. The Bertz CT molecular complexity index is 201. The Balaban J connectivity index is 1.99. The molecule has 0 aromatic rings. The third-order valence-electron chi connectivity index (χ3n) is 2.62. The molecule has 0 aromatic carbocycles. The highest BCUT2D eigenvalue weighted by Crippen LogP contribution is 2.20. The quantitative estimate of drug-likeness (QED) is 0.433. The van der Waals surface area contributed by atoms with Gasteiger partial charge in [0, 0.05) is 0 Å². The zero-order chi connectivity index (χ0) is 8.60. The van der Waals surface area contributed by atoms with Crippen molar-refractivity contribution in [1.29, 1.82) is 0 Å². The van der Waals surface area contributed by atoms with Crippen molar-refractivity contribution in [3.05, 3.63) is 0 Å². The first-order valence-electron chi connectivity index (χ1n) is 4.26. The van der Waals surface area contributed by atoms with Crippen molar-refractivity contribution >= 4 is 13.9 Å². The molecule has 64 valence electrons. The highest BCUT2D eigenvalue weighted by Gasteiger charge is 2.38. The summed E-state index contributed by atoms with van der Waals surface area (Å²) in [6, 6.07) is 0. The molecule has 2 rings (SSSR count). The van der Waals surface area contributed by atoms with Crippen molar-refractivity contribution in [3.8, 4) is 0 Å². The van der Waals surface area contributed by atoms with Crippen LogP contribution in [0.2, 0.25) is 0 Å². The summed E-state index contributed by atoms with van der Waals surface area (Å²) in [7, 11) is 5.61. The van der Waals surface area contributed by atoms with E-state index in [9.17, 15) is 4.79 Å². The first-order chi connectivity index (χ1) is 5.70. The van der Waals surface area contributed by atoms with Crippen molar-refractivity contribution in [2.45, 2.75) is 18.5 Å². The molecule has 1 spiro atoms. The van der Waals surface area contributed by atoms with E-state index in [0.717, 1.165) is 25.9 Å². The molecule has 4 nitrogen and oxygen atoms in total. The van der Waals surface area contributed by atoms with Crippen LogP contribution >= 0.6 is 0 Å². The minimum absolute atomic E-state index is 0.0977. The second kappa shape index (κ2) is 2.74. The number of carbonyl (C=O) groups is 1. The fraction of sp³-hybridized carbons (Fsp3) is 0.857. The Kier molecular flexibility index (Phi) is 1.85. The molecule has 2 saturated heterocycles. The lowest BCUT2D eigenvalue weighted by atomic mass is 9.96. The van der Waals surface area contributed by atoms with Crippen LogP contribution in [0.15, 0.2) is 0 Å². The molecule has 2 fully saturated rings. The number of rotatable bonds is 0. The molecule has 2 N–H and O–H groups in total. The molecule has 2 heterocycles. The van der Waals surface area contributed by atoms with Gasteiger partial charge in [0.1, 0.15) is 0 Å². The summed E-state index contributed by atoms with van der Waals surface area (Å²) >= 11 is 0. The molecule has 0 aromatic heterocycles. The van der Waals surface area contributed by atoms with Crippen LogP contribution in [0, 0.1) is 0 Å². The highest BCUT2D eigenvalue weighted by atomic mass is 16.2. The van der Waals surface area contributed by atoms with Crippen LogP contribution in [0.5, 0.6) is 0 Å². The van der Waals surface area contributed by atoms with E-state index < -0.39 is 0 Å². The van der Waals surface area contributed by atoms with Gasteiger partial charge in [0.25, 0.3) is 0 Å². The molecule has 0 unspecified atom stereocenters. The number of hydrogen-bond donors (Lipinski definition) is 2. The molecule has 5 heteroatoms. The maximum atomic E-state index is 11.0. The van der Waals surface area contributed by atoms with E-state index in [2.05, 4.69) is 10.6 Å². The third kappa shape index (κ3) is 1.34. The second-order valence-corrected chi connectivity index (χ2v) is 3.52. The summed E-state index contributed by atoms with van der Waals surface area (Å²) in [4.78, 5) is 12.8. The van der Waals surface area contributed by atoms with Gasteiger partial charge in [-0.25, -0.2) is 0 Å². The van der Waals surface area contributed by atoms with Gasteiger partial charge in [-0.15, -0.1) is 0 Å². The predicted molar refractivity (Wildman–Crippen MR) is 45.4 cm³/mol. The van der Waals surface area contributed by atoms with Crippen LogP contribution in [0.3, 0.4) is 0 Å². The number of carbonyl (C=O) groups excluding carboxylic acids is 1. The van der Waals surface area contributed by atoms with Gasteiger partial charge in [-0.1, -0.05) is 0 Å². The summed E-state index contributed by atoms with van der Waals surface area (Å²) in [5, 5.41) is 6.16. The lowest BCUT2D eigenvalue weighted by Crippen LogP contribution is -2.56. The van der Waals surface area contributed by atoms with Crippen molar-refractivity contribution in [1.82, 2.24) is 15.4 Å². The van der Waals surface area contributed by atoms with E-state index in [1.54, 1.807) is 4.81 Å². The van der Waals surface area contributed by atoms with Crippen LogP contribution in [0.4, 0.5) is 0 Å². The van der Waals surface area contributed by atoms with E-state index in [1.807, 2.05) is 0 Å². The lowest BCUT2D eigenvalue weighted by Gasteiger charge is -2.37. The smallest absolute Gasteiger partial charge is 0.235 e. The average Bonchev–Trinajstić information content (AvgIpc) is 2.40. The SMILES string of the molecule is [B]N1CCC2(CC1)NCC(=O)N2. The van der Waals surface area contributed by atoms with Crippen molar-refractivity contribution in [2.24, 2.45) is 0 Å². The minimum atomic E-state index is -0.146. The Morgan fingerprint density at radius 3 is 2.58 bits per heavy atom. The summed E-state index contributed by atoms with van der Waals surface area (Å²) in [5.41, 5.74) is -0.146. The summed E-state index contributed by atoms with van der Waals surface area (Å²) in [6.45, 7) is 2.13. The highest BCUT2D eigenvalue weighted by molar-refractivity contribution is 6.04. The van der Waals surface area contributed by atoms with Crippen LogP contribution in [0.1, 0.15) is 12.8 Å². The Hall–Kier alpha value is -0.545. The Morgan fingerprint density at radius 2 is 2.08 bits per heavy atom. The van der Waals surface area contributed by atoms with Gasteiger partial charge in [-0.3, -0.25) is 10.1 Å². The van der Waals surface area contributed by atoms with E-state index in [1.165, 1.54) is 0 Å². The molecule has 0 aliphatic carbocycles. The molecular weight excluding hydrogens is 153 g/mol. The van der Waals surface area contributed by atoms with E-state index in [-0.39, 0.29) is 11.6 Å². The lowest BCUT2D eigenvalue weighted by molar-refractivity contribution is -0.119. The molecule has 0 atom stereocenters. The van der Waals surface area contributed by atoms with Gasteiger partial charge in [0.2, 0.25) is 5.91 Å². The van der Waals surface area contributed by atoms with Gasteiger partial charge < -0.3 is 10.1 Å². The van der Waals surface area contributed by atoms with E-state index in [4.69, 9.17) is 7.98 Å². The molecule has 2 aliphatic rings. The fourth-order valence-corrected chi connectivity index (χ4v) is 1.81. The zero-order valence-corrected chi connectivity index (χ0v) is 6.97. The zero-order valence-electron chi connectivity index (χ0n) is 6.97. The van der Waals surface area contributed by atoms with Gasteiger partial charge in [-0.05, 0) is 25.9 Å². The number of nitrogens with one attached hydrogen (secondary N) is 2. The van der Waals surface area contributed by atoms with Gasteiger partial charge >= 0.3 is 0 Å². The second-order valence-electron chi connectivity index (χ2n) is 3.52. The maximum Gasteiger partial charge on any atom is 0.235 e. The van der Waals surface area contributed by atoms with Crippen molar-refractivity contribution in [3.63, 3.8) is 0 Å². The fourth-order valence-electron chi connectivity index (χ4n) is 1.81. The molecule has 2 radical (unpaired) electrons. The van der Waals surface area contributed by atoms with Crippen LogP contribution in [-0.4, -0.2) is 44.0 Å². The molecule has 0 saturated carbocycles. The number of hydrogen-bond acceptors (Lipinski definition) is 3. The maximum absolute atomic E-state index is 11.0. The van der Waals surface area contributed by atoms with Gasteiger partial charge in [-0.2, -0.15) is 0 Å². The standard InChI is InChI=1S/C7H12BN3O/c8-11-3-1-7(2-4-11)9-5-6(12)10-7/h9H,1-5H2,(H,10,12). The van der Waals surface area contributed by atoms with Crippen LogP contribution in [0.25, 0.3) is 0 Å². The molecular formula is C7H12BN3O. The predicted octanol–water partition coefficient (Wildman–Crippen LogP) is -1.42. The Labute approximate surface area is 73.1 Å². The van der Waals surface area contributed by atoms with Crippen LogP contribution in [-0.2, 0) is 4.79 Å². The van der Waals surface area contributed by atoms with Crippen LogP contribution < -0.4 is 10.6 Å². The first-order valence-corrected chi connectivity index (χ1v) is 4.26. The molecule has 12 heavy (non-hydrogen) atoms. The largest absolute Gasteiger partial charge is 0.353 e. The number of piperidine rings is 1. The average molecular weight is 165 g/mol. The summed E-state index contributed by atoms with van der Waals surface area (Å²) in [5.74, 6) is 0.0977. The molecule has 0 bridgehead atoms. The van der Waals surface area contributed by atoms with Gasteiger partial charge in [0.15, 0.2) is 7.98 Å². The summed E-state index contributed by atoms with van der Waals surface area (Å²) in [6.07, 6.45) is 1.80. The van der Waals surface area contributed by atoms with Crippen molar-refractivity contribution in [2.75, 3.05) is 19.6 Å². The molecule has 2 aliphatic heterocycles. The topological polar surface area (TPSA) is 44.4 Å². The summed E-state index contributed by atoms with van der Waals surface area (Å²) < 4.78 is 0. The Morgan fingerprint density at radius 1 is 1.42 bits per heavy atom. The van der Waals surface area contributed by atoms with E-state index in [0.29, 0.717) is 6.54 Å². The van der Waals surface area contributed by atoms with Crippen molar-refractivity contribution < 1.29 is 4.79 Å². The normalized spacial score (nSPS) is 29.2. The minimum Gasteiger partial charge on any atom is -0.353 e.